The number of hydrogen-bond acceptors (Lipinski definition) is 2. The maximum absolute atomic E-state index is 12.4. The first-order chi connectivity index (χ1) is 8.19. The minimum atomic E-state index is -2.81. The molecule has 0 aliphatic heterocycles. The van der Waals surface area contributed by atoms with E-state index in [-0.39, 0.29) is 11.3 Å². The van der Waals surface area contributed by atoms with E-state index in [1.54, 1.807) is 19.1 Å². The van der Waals surface area contributed by atoms with Crippen molar-refractivity contribution in [3.8, 4) is 5.75 Å². The molecule has 1 N–H and O–H groups in total. The Bertz CT molecular complexity index is 416. The fourth-order valence-electron chi connectivity index (χ4n) is 1.55. The largest absolute Gasteiger partial charge is 0.434 e. The van der Waals surface area contributed by atoms with E-state index in [4.69, 9.17) is 0 Å². The average molecular weight is 322 g/mol. The fourth-order valence-corrected chi connectivity index (χ4v) is 2.17. The molecule has 0 aromatic heterocycles. The van der Waals surface area contributed by atoms with Crippen LogP contribution in [0.25, 0.3) is 0 Å². The van der Waals surface area contributed by atoms with E-state index in [0.29, 0.717) is 12.1 Å². The highest BCUT2D eigenvalue weighted by Crippen LogP contribution is 2.29. The molecule has 0 aliphatic rings. The summed E-state index contributed by atoms with van der Waals surface area (Å²) in [6.07, 6.45) is 0. The summed E-state index contributed by atoms with van der Waals surface area (Å²) in [5.41, 5.74) is 1.32. The van der Waals surface area contributed by atoms with E-state index in [2.05, 4.69) is 26.0 Å². The Morgan fingerprint density at radius 3 is 2.44 bits per heavy atom. The number of benzene rings is 1. The van der Waals surface area contributed by atoms with Gasteiger partial charge in [-0.25, -0.2) is 0 Å². The van der Waals surface area contributed by atoms with Crippen molar-refractivity contribution in [2.45, 2.75) is 46.4 Å². The van der Waals surface area contributed by atoms with Crippen molar-refractivity contribution in [2.24, 2.45) is 0 Å². The maximum atomic E-state index is 12.4. The van der Waals surface area contributed by atoms with Crippen molar-refractivity contribution in [1.29, 1.82) is 0 Å². The lowest BCUT2D eigenvalue weighted by Crippen LogP contribution is -2.35. The van der Waals surface area contributed by atoms with Gasteiger partial charge in [-0.3, -0.25) is 0 Å². The van der Waals surface area contributed by atoms with Crippen molar-refractivity contribution in [3.63, 3.8) is 0 Å². The number of rotatable bonds is 4. The van der Waals surface area contributed by atoms with Crippen LogP contribution >= 0.6 is 15.9 Å². The van der Waals surface area contributed by atoms with Crippen LogP contribution in [0.1, 0.15) is 31.9 Å². The Labute approximate surface area is 115 Å². The number of nitrogens with one attached hydrogen (secondary N) is 1. The van der Waals surface area contributed by atoms with E-state index < -0.39 is 6.61 Å². The Hall–Kier alpha value is -0.680. The molecule has 0 saturated carbocycles. The van der Waals surface area contributed by atoms with Crippen molar-refractivity contribution >= 4 is 15.9 Å². The lowest BCUT2D eigenvalue weighted by Gasteiger charge is -2.22. The van der Waals surface area contributed by atoms with Gasteiger partial charge < -0.3 is 10.1 Å². The molecule has 0 fully saturated rings. The number of aryl methyl sites for hydroxylation is 1. The number of ether oxygens (including phenoxy) is 1. The van der Waals surface area contributed by atoms with Crippen LogP contribution < -0.4 is 10.1 Å². The number of hydrogen-bond donors (Lipinski definition) is 1. The predicted octanol–water partition coefficient (Wildman–Crippen LogP) is 4.25. The zero-order valence-electron chi connectivity index (χ0n) is 11.0. The molecule has 0 saturated heterocycles. The van der Waals surface area contributed by atoms with Crippen LogP contribution in [0, 0.1) is 6.92 Å². The molecule has 1 rings (SSSR count). The first-order valence-electron chi connectivity index (χ1n) is 5.68. The molecule has 18 heavy (non-hydrogen) atoms. The summed E-state index contributed by atoms with van der Waals surface area (Å²) in [5.74, 6) is 0.255. The standard InChI is InChI=1S/C13H18BrF2NO/c1-8-5-10(14)6-9(7-17-13(2,3)4)11(8)18-12(15)16/h5-6,12,17H,7H2,1-4H3. The molecule has 0 bridgehead atoms. The summed E-state index contributed by atoms with van der Waals surface area (Å²) in [5, 5.41) is 3.26. The van der Waals surface area contributed by atoms with Gasteiger partial charge in [-0.05, 0) is 45.4 Å². The van der Waals surface area contributed by atoms with Crippen LogP contribution in [0.5, 0.6) is 5.75 Å². The van der Waals surface area contributed by atoms with E-state index in [1.165, 1.54) is 0 Å². The molecule has 1 aromatic rings. The van der Waals surface area contributed by atoms with Crippen LogP contribution in [0.15, 0.2) is 16.6 Å². The molecule has 102 valence electrons. The molecule has 1 aromatic carbocycles. The molecule has 0 unspecified atom stereocenters. The van der Waals surface area contributed by atoms with E-state index in [0.717, 1.165) is 10.0 Å². The van der Waals surface area contributed by atoms with Gasteiger partial charge in [-0.2, -0.15) is 8.78 Å². The SMILES string of the molecule is Cc1cc(Br)cc(CNC(C)(C)C)c1OC(F)F. The molecule has 0 atom stereocenters. The summed E-state index contributed by atoms with van der Waals surface area (Å²) in [6, 6.07) is 3.56. The normalized spacial score (nSPS) is 12.0. The van der Waals surface area contributed by atoms with Crippen LogP contribution in [-0.4, -0.2) is 12.2 Å². The van der Waals surface area contributed by atoms with Crippen LogP contribution in [0.3, 0.4) is 0 Å². The lowest BCUT2D eigenvalue weighted by atomic mass is 10.1. The summed E-state index contributed by atoms with van der Waals surface area (Å²) in [6.45, 7) is 5.48. The van der Waals surface area contributed by atoms with Crippen molar-refractivity contribution in [1.82, 2.24) is 5.32 Å². The Kier molecular flexibility index (Phi) is 5.10. The van der Waals surface area contributed by atoms with Crippen molar-refractivity contribution < 1.29 is 13.5 Å². The maximum Gasteiger partial charge on any atom is 0.387 e. The minimum Gasteiger partial charge on any atom is -0.434 e. The van der Waals surface area contributed by atoms with Gasteiger partial charge in [0.1, 0.15) is 5.75 Å². The second-order valence-corrected chi connectivity index (χ2v) is 6.11. The first kappa shape index (κ1) is 15.4. The highest BCUT2D eigenvalue weighted by atomic mass is 79.9. The highest BCUT2D eigenvalue weighted by molar-refractivity contribution is 9.10. The van der Waals surface area contributed by atoms with Crippen molar-refractivity contribution in [3.05, 3.63) is 27.7 Å². The Balaban J connectivity index is 3.00. The zero-order valence-corrected chi connectivity index (χ0v) is 12.6. The minimum absolute atomic E-state index is 0.0850. The molecule has 0 radical (unpaired) electrons. The van der Waals surface area contributed by atoms with E-state index in [1.807, 2.05) is 20.8 Å². The highest BCUT2D eigenvalue weighted by Gasteiger charge is 2.16. The summed E-state index contributed by atoms with van der Waals surface area (Å²) in [4.78, 5) is 0. The van der Waals surface area contributed by atoms with Gasteiger partial charge in [0.15, 0.2) is 0 Å². The third-order valence-corrected chi connectivity index (χ3v) is 2.79. The quantitative estimate of drug-likeness (QED) is 0.895. The molecule has 0 amide bonds. The van der Waals surface area contributed by atoms with Gasteiger partial charge in [-0.15, -0.1) is 0 Å². The second-order valence-electron chi connectivity index (χ2n) is 5.19. The monoisotopic (exact) mass is 321 g/mol. The molecule has 0 spiro atoms. The number of halogens is 3. The van der Waals surface area contributed by atoms with Crippen LogP contribution in [-0.2, 0) is 6.54 Å². The summed E-state index contributed by atoms with van der Waals surface area (Å²) in [7, 11) is 0. The Morgan fingerprint density at radius 2 is 1.94 bits per heavy atom. The van der Waals surface area contributed by atoms with Crippen LogP contribution in [0.2, 0.25) is 0 Å². The van der Waals surface area contributed by atoms with Crippen molar-refractivity contribution in [2.75, 3.05) is 0 Å². The number of alkyl halides is 2. The van der Waals surface area contributed by atoms with Gasteiger partial charge >= 0.3 is 6.61 Å². The summed E-state index contributed by atoms with van der Waals surface area (Å²) >= 11 is 3.36. The topological polar surface area (TPSA) is 21.3 Å². The molecule has 0 aliphatic carbocycles. The molecule has 2 nitrogen and oxygen atoms in total. The van der Waals surface area contributed by atoms with Gasteiger partial charge in [0.25, 0.3) is 0 Å². The van der Waals surface area contributed by atoms with Gasteiger partial charge in [0.05, 0.1) is 0 Å². The first-order valence-corrected chi connectivity index (χ1v) is 6.47. The average Bonchev–Trinajstić information content (AvgIpc) is 2.17. The van der Waals surface area contributed by atoms with Crippen LogP contribution in [0.4, 0.5) is 8.78 Å². The predicted molar refractivity (Wildman–Crippen MR) is 72.1 cm³/mol. The molecular formula is C13H18BrF2NO. The summed E-state index contributed by atoms with van der Waals surface area (Å²) < 4.78 is 30.3. The molecule has 0 heterocycles. The third kappa shape index (κ3) is 4.90. The van der Waals surface area contributed by atoms with Gasteiger partial charge in [0.2, 0.25) is 0 Å². The smallest absolute Gasteiger partial charge is 0.387 e. The van der Waals surface area contributed by atoms with Gasteiger partial charge in [0, 0.05) is 22.1 Å². The third-order valence-electron chi connectivity index (χ3n) is 2.33. The Morgan fingerprint density at radius 1 is 1.33 bits per heavy atom. The molecule has 5 heteroatoms. The van der Waals surface area contributed by atoms with E-state index >= 15 is 0 Å². The zero-order chi connectivity index (χ0) is 13.9. The second kappa shape index (κ2) is 5.97. The van der Waals surface area contributed by atoms with Gasteiger partial charge in [-0.1, -0.05) is 15.9 Å². The molecular weight excluding hydrogens is 304 g/mol. The lowest BCUT2D eigenvalue weighted by molar-refractivity contribution is -0.0509. The fraction of sp³-hybridized carbons (Fsp3) is 0.538. The van der Waals surface area contributed by atoms with E-state index in [9.17, 15) is 8.78 Å².